The number of rotatable bonds is 2. The highest BCUT2D eigenvalue weighted by atomic mass is 15.2. The molecule has 0 radical (unpaired) electrons. The Morgan fingerprint density at radius 2 is 1.94 bits per heavy atom. The van der Waals surface area contributed by atoms with Gasteiger partial charge in [0.15, 0.2) is 0 Å². The first-order chi connectivity index (χ1) is 8.11. The summed E-state index contributed by atoms with van der Waals surface area (Å²) in [5, 5.41) is 0. The largest absolute Gasteiger partial charge is 0.364 e. The highest BCUT2D eigenvalue weighted by Crippen LogP contribution is 2.32. The molecule has 0 aromatic carbocycles. The van der Waals surface area contributed by atoms with Gasteiger partial charge in [-0.25, -0.2) is 0 Å². The van der Waals surface area contributed by atoms with Gasteiger partial charge in [0.05, 0.1) is 11.4 Å². The van der Waals surface area contributed by atoms with Crippen LogP contribution in [0.25, 0.3) is 0 Å². The summed E-state index contributed by atoms with van der Waals surface area (Å²) in [5.41, 5.74) is 4.01. The second kappa shape index (κ2) is 4.91. The topological polar surface area (TPSA) is 16.1 Å². The highest BCUT2D eigenvalue weighted by molar-refractivity contribution is 5.60. The summed E-state index contributed by atoms with van der Waals surface area (Å²) in [7, 11) is 0. The average molecular weight is 230 g/mol. The van der Waals surface area contributed by atoms with Gasteiger partial charge in [-0.3, -0.25) is 4.98 Å². The van der Waals surface area contributed by atoms with E-state index in [1.807, 2.05) is 6.20 Å². The Hall–Kier alpha value is -1.31. The standard InChI is InChI=1S/C15H22N2/c1-11(2)13-8-9-16-14-7-5-6-10-17(12(3)4)15(13)14/h5-6,8-9,11-12H,7,10H2,1-4H3. The predicted molar refractivity (Wildman–Crippen MR) is 73.7 cm³/mol. The average Bonchev–Trinajstić information content (AvgIpc) is 2.50. The number of fused-ring (bicyclic) bond motifs is 1. The lowest BCUT2D eigenvalue weighted by molar-refractivity contribution is 0.708. The molecule has 0 unspecified atom stereocenters. The molecule has 0 atom stereocenters. The molecule has 0 bridgehead atoms. The molecule has 0 amide bonds. The zero-order valence-corrected chi connectivity index (χ0v) is 11.3. The lowest BCUT2D eigenvalue weighted by Gasteiger charge is -2.31. The fourth-order valence-electron chi connectivity index (χ4n) is 2.40. The van der Waals surface area contributed by atoms with Gasteiger partial charge < -0.3 is 4.90 Å². The molecule has 0 spiro atoms. The van der Waals surface area contributed by atoms with Crippen LogP contribution in [-0.2, 0) is 6.42 Å². The van der Waals surface area contributed by atoms with E-state index in [-0.39, 0.29) is 0 Å². The van der Waals surface area contributed by atoms with E-state index in [0.29, 0.717) is 12.0 Å². The summed E-state index contributed by atoms with van der Waals surface area (Å²) in [4.78, 5) is 7.02. The van der Waals surface area contributed by atoms with Gasteiger partial charge in [0, 0.05) is 25.2 Å². The van der Waals surface area contributed by atoms with Crippen LogP contribution in [0, 0.1) is 0 Å². The Balaban J connectivity index is 2.55. The third kappa shape index (κ3) is 2.36. The van der Waals surface area contributed by atoms with E-state index in [2.05, 4.69) is 55.8 Å². The van der Waals surface area contributed by atoms with Crippen LogP contribution >= 0.6 is 0 Å². The zero-order valence-electron chi connectivity index (χ0n) is 11.3. The molecule has 0 fully saturated rings. The van der Waals surface area contributed by atoms with Crippen LogP contribution in [0.1, 0.15) is 44.9 Å². The molecule has 0 saturated carbocycles. The Bertz CT molecular complexity index is 419. The first-order valence-electron chi connectivity index (χ1n) is 6.50. The van der Waals surface area contributed by atoms with Crippen LogP contribution in [-0.4, -0.2) is 17.6 Å². The molecule has 0 saturated heterocycles. The van der Waals surface area contributed by atoms with Crippen LogP contribution in [0.15, 0.2) is 24.4 Å². The highest BCUT2D eigenvalue weighted by Gasteiger charge is 2.20. The minimum Gasteiger partial charge on any atom is -0.364 e. The van der Waals surface area contributed by atoms with E-state index >= 15 is 0 Å². The van der Waals surface area contributed by atoms with Crippen molar-refractivity contribution in [1.29, 1.82) is 0 Å². The smallest absolute Gasteiger partial charge is 0.0677 e. The summed E-state index contributed by atoms with van der Waals surface area (Å²) in [6.45, 7) is 10.0. The Morgan fingerprint density at radius 1 is 1.18 bits per heavy atom. The normalized spacial score (nSPS) is 15.3. The maximum absolute atomic E-state index is 4.56. The summed E-state index contributed by atoms with van der Waals surface area (Å²) in [5.74, 6) is 0.547. The SMILES string of the molecule is CC(C)c1ccnc2c1N(C(C)C)CC=CC2. The van der Waals surface area contributed by atoms with Crippen LogP contribution in [0.4, 0.5) is 5.69 Å². The Labute approximate surface area is 104 Å². The van der Waals surface area contributed by atoms with Crippen LogP contribution in [0.5, 0.6) is 0 Å². The maximum atomic E-state index is 4.56. The van der Waals surface area contributed by atoms with Crippen LogP contribution in [0.2, 0.25) is 0 Å². The van der Waals surface area contributed by atoms with Crippen molar-refractivity contribution in [3.63, 3.8) is 0 Å². The van der Waals surface area contributed by atoms with Gasteiger partial charge in [-0.1, -0.05) is 26.0 Å². The van der Waals surface area contributed by atoms with Crippen LogP contribution in [0.3, 0.4) is 0 Å². The molecule has 2 rings (SSSR count). The molecule has 0 aliphatic carbocycles. The van der Waals surface area contributed by atoms with Gasteiger partial charge in [0.25, 0.3) is 0 Å². The molecule has 2 nitrogen and oxygen atoms in total. The van der Waals surface area contributed by atoms with Crippen molar-refractivity contribution < 1.29 is 0 Å². The van der Waals surface area contributed by atoms with Gasteiger partial charge in [0.1, 0.15) is 0 Å². The summed E-state index contributed by atoms with van der Waals surface area (Å²) in [6, 6.07) is 2.68. The molecule has 17 heavy (non-hydrogen) atoms. The number of pyridine rings is 1. The van der Waals surface area contributed by atoms with Crippen molar-refractivity contribution in [2.24, 2.45) is 0 Å². The maximum Gasteiger partial charge on any atom is 0.0677 e. The second-order valence-corrected chi connectivity index (χ2v) is 5.27. The van der Waals surface area contributed by atoms with Crippen molar-refractivity contribution in [3.8, 4) is 0 Å². The fourth-order valence-corrected chi connectivity index (χ4v) is 2.40. The molecular formula is C15H22N2. The molecule has 2 heterocycles. The number of nitrogens with zero attached hydrogens (tertiary/aromatic N) is 2. The van der Waals surface area contributed by atoms with E-state index < -0.39 is 0 Å². The Kier molecular flexibility index (Phi) is 3.51. The molecule has 0 N–H and O–H groups in total. The summed E-state index contributed by atoms with van der Waals surface area (Å²) >= 11 is 0. The monoisotopic (exact) mass is 230 g/mol. The van der Waals surface area contributed by atoms with Gasteiger partial charge >= 0.3 is 0 Å². The van der Waals surface area contributed by atoms with Gasteiger partial charge in [-0.2, -0.15) is 0 Å². The van der Waals surface area contributed by atoms with Gasteiger partial charge in [-0.05, 0) is 31.4 Å². The van der Waals surface area contributed by atoms with E-state index in [0.717, 1.165) is 13.0 Å². The first-order valence-corrected chi connectivity index (χ1v) is 6.50. The minimum atomic E-state index is 0.512. The van der Waals surface area contributed by atoms with Crippen molar-refractivity contribution in [1.82, 2.24) is 4.98 Å². The molecular weight excluding hydrogens is 208 g/mol. The molecule has 1 aliphatic rings. The molecule has 1 aromatic rings. The fraction of sp³-hybridized carbons (Fsp3) is 0.533. The van der Waals surface area contributed by atoms with Crippen molar-refractivity contribution in [3.05, 3.63) is 35.7 Å². The minimum absolute atomic E-state index is 0.512. The number of aromatic nitrogens is 1. The Morgan fingerprint density at radius 3 is 2.59 bits per heavy atom. The third-order valence-corrected chi connectivity index (χ3v) is 3.34. The molecule has 92 valence electrons. The lowest BCUT2D eigenvalue weighted by Crippen LogP contribution is -2.32. The predicted octanol–water partition coefficient (Wildman–Crippen LogP) is 3.53. The number of hydrogen-bond donors (Lipinski definition) is 0. The zero-order chi connectivity index (χ0) is 12.4. The van der Waals surface area contributed by atoms with Gasteiger partial charge in [-0.15, -0.1) is 0 Å². The van der Waals surface area contributed by atoms with E-state index in [1.54, 1.807) is 0 Å². The van der Waals surface area contributed by atoms with Crippen molar-refractivity contribution in [2.75, 3.05) is 11.4 Å². The molecule has 1 aliphatic heterocycles. The van der Waals surface area contributed by atoms with E-state index in [1.165, 1.54) is 16.9 Å². The number of anilines is 1. The van der Waals surface area contributed by atoms with Crippen molar-refractivity contribution in [2.45, 2.75) is 46.1 Å². The third-order valence-electron chi connectivity index (χ3n) is 3.34. The first kappa shape index (κ1) is 12.2. The number of allylic oxidation sites excluding steroid dienone is 1. The van der Waals surface area contributed by atoms with Crippen LogP contribution < -0.4 is 4.90 Å². The number of hydrogen-bond acceptors (Lipinski definition) is 2. The second-order valence-electron chi connectivity index (χ2n) is 5.27. The molecule has 2 heteroatoms. The summed E-state index contributed by atoms with van der Waals surface area (Å²) < 4.78 is 0. The van der Waals surface area contributed by atoms with E-state index in [4.69, 9.17) is 0 Å². The van der Waals surface area contributed by atoms with Crippen molar-refractivity contribution >= 4 is 5.69 Å². The lowest BCUT2D eigenvalue weighted by atomic mass is 9.99. The molecule has 1 aromatic heterocycles. The van der Waals surface area contributed by atoms with E-state index in [9.17, 15) is 0 Å². The quantitative estimate of drug-likeness (QED) is 0.722. The van der Waals surface area contributed by atoms with Gasteiger partial charge in [0.2, 0.25) is 0 Å². The summed E-state index contributed by atoms with van der Waals surface area (Å²) in [6.07, 6.45) is 7.40.